The first-order valence-corrected chi connectivity index (χ1v) is 10.6. The van der Waals surface area contributed by atoms with E-state index < -0.39 is 5.60 Å². The van der Waals surface area contributed by atoms with E-state index in [0.717, 1.165) is 50.6 Å². The van der Waals surface area contributed by atoms with Crippen molar-refractivity contribution in [2.45, 2.75) is 70.8 Å². The van der Waals surface area contributed by atoms with Gasteiger partial charge in [-0.05, 0) is 85.7 Å². The van der Waals surface area contributed by atoms with Crippen molar-refractivity contribution in [3.63, 3.8) is 0 Å². The van der Waals surface area contributed by atoms with Crippen LogP contribution in [0.1, 0.15) is 74.3 Å². The Kier molecular flexibility index (Phi) is 3.58. The lowest BCUT2D eigenvalue weighted by molar-refractivity contribution is -0.128. The molecule has 7 atom stereocenters. The lowest BCUT2D eigenvalue weighted by Gasteiger charge is -2.60. The number of furan rings is 1. The van der Waals surface area contributed by atoms with Gasteiger partial charge in [-0.25, -0.2) is 0 Å². The van der Waals surface area contributed by atoms with Crippen LogP contribution in [0.25, 0.3) is 0 Å². The standard InChI is InChI=1S/C24H30O3/c1-4-24(26)10-8-20-18-6-5-16-12-21-15(11-17(14-25)27-21)13-22(16,2)19(18)7-9-23(20,24)3/h1,11,14,16,18-20,26H,5-10,12-13H2,2-3H3/t16-,18+,19-,20-,22-,23-,24-/m0/s1. The average molecular weight is 367 g/mol. The summed E-state index contributed by atoms with van der Waals surface area (Å²) in [5, 5.41) is 11.1. The van der Waals surface area contributed by atoms with Crippen molar-refractivity contribution >= 4 is 6.29 Å². The van der Waals surface area contributed by atoms with E-state index >= 15 is 0 Å². The summed E-state index contributed by atoms with van der Waals surface area (Å²) in [5.74, 6) is 6.80. The van der Waals surface area contributed by atoms with Gasteiger partial charge in [-0.2, -0.15) is 0 Å². The minimum atomic E-state index is -0.927. The smallest absolute Gasteiger partial charge is 0.185 e. The molecule has 1 N–H and O–H groups in total. The molecule has 0 unspecified atom stereocenters. The van der Waals surface area contributed by atoms with Crippen LogP contribution in [0, 0.1) is 46.8 Å². The van der Waals surface area contributed by atoms with Gasteiger partial charge in [0.05, 0.1) is 0 Å². The Hall–Kier alpha value is -1.53. The predicted molar refractivity (Wildman–Crippen MR) is 103 cm³/mol. The highest BCUT2D eigenvalue weighted by Crippen LogP contribution is 2.67. The lowest BCUT2D eigenvalue weighted by Crippen LogP contribution is -2.56. The Morgan fingerprint density at radius 3 is 2.74 bits per heavy atom. The van der Waals surface area contributed by atoms with Gasteiger partial charge in [-0.15, -0.1) is 6.42 Å². The molecule has 1 aromatic rings. The number of aldehydes is 1. The summed E-state index contributed by atoms with van der Waals surface area (Å²) >= 11 is 0. The van der Waals surface area contributed by atoms with E-state index in [-0.39, 0.29) is 10.8 Å². The Morgan fingerprint density at radius 2 is 2.00 bits per heavy atom. The first-order chi connectivity index (χ1) is 12.8. The van der Waals surface area contributed by atoms with E-state index in [1.807, 2.05) is 6.07 Å². The first kappa shape index (κ1) is 17.6. The molecule has 0 saturated heterocycles. The normalized spacial score (nSPS) is 47.9. The summed E-state index contributed by atoms with van der Waals surface area (Å²) in [5.41, 5.74) is 0.449. The van der Waals surface area contributed by atoms with Crippen LogP contribution in [0.15, 0.2) is 10.5 Å². The van der Waals surface area contributed by atoms with Gasteiger partial charge in [0.2, 0.25) is 0 Å². The molecule has 5 rings (SSSR count). The highest BCUT2D eigenvalue weighted by molar-refractivity contribution is 5.71. The second-order valence-corrected chi connectivity index (χ2v) is 10.3. The average Bonchev–Trinajstić information content (AvgIpc) is 3.17. The fraction of sp³-hybridized carbons (Fsp3) is 0.708. The first-order valence-electron chi connectivity index (χ1n) is 10.6. The van der Waals surface area contributed by atoms with Crippen molar-refractivity contribution in [2.75, 3.05) is 0 Å². The Morgan fingerprint density at radius 1 is 1.22 bits per heavy atom. The zero-order valence-corrected chi connectivity index (χ0v) is 16.5. The van der Waals surface area contributed by atoms with Gasteiger partial charge >= 0.3 is 0 Å². The topological polar surface area (TPSA) is 50.4 Å². The predicted octanol–water partition coefficient (Wildman–Crippen LogP) is 4.41. The third kappa shape index (κ3) is 2.11. The zero-order chi connectivity index (χ0) is 19.0. The summed E-state index contributed by atoms with van der Waals surface area (Å²) in [6, 6.07) is 1.97. The quantitative estimate of drug-likeness (QED) is 0.591. The molecule has 3 nitrogen and oxygen atoms in total. The molecule has 3 heteroatoms. The Labute approximate surface area is 161 Å². The maximum absolute atomic E-state index is 11.2. The van der Waals surface area contributed by atoms with Crippen molar-refractivity contribution in [1.82, 2.24) is 0 Å². The number of carbonyl (C=O) groups is 1. The molecule has 0 spiro atoms. The number of terminal acetylenes is 1. The monoisotopic (exact) mass is 366 g/mol. The Balaban J connectivity index is 1.49. The molecule has 4 aliphatic carbocycles. The van der Waals surface area contributed by atoms with Gasteiger partial charge < -0.3 is 9.52 Å². The molecule has 3 saturated carbocycles. The zero-order valence-electron chi connectivity index (χ0n) is 16.5. The minimum absolute atomic E-state index is 0.133. The number of aliphatic hydroxyl groups is 1. The van der Waals surface area contributed by atoms with E-state index in [9.17, 15) is 9.90 Å². The van der Waals surface area contributed by atoms with Crippen LogP contribution in [-0.2, 0) is 12.8 Å². The number of carbonyl (C=O) groups excluding carboxylic acids is 1. The summed E-state index contributed by atoms with van der Waals surface area (Å²) in [6.45, 7) is 4.73. The fourth-order valence-corrected chi connectivity index (χ4v) is 7.90. The van der Waals surface area contributed by atoms with Crippen molar-refractivity contribution in [2.24, 2.45) is 34.5 Å². The van der Waals surface area contributed by atoms with Gasteiger partial charge in [0.15, 0.2) is 12.0 Å². The molecular weight excluding hydrogens is 336 g/mol. The molecular formula is C24H30O3. The molecule has 0 amide bonds. The van der Waals surface area contributed by atoms with Gasteiger partial charge in [0.1, 0.15) is 11.4 Å². The van der Waals surface area contributed by atoms with Gasteiger partial charge in [0, 0.05) is 11.8 Å². The number of hydrogen-bond donors (Lipinski definition) is 1. The molecule has 1 heterocycles. The number of fused-ring (bicyclic) bond motifs is 6. The van der Waals surface area contributed by atoms with Crippen LogP contribution in [0.3, 0.4) is 0 Å². The molecule has 0 radical (unpaired) electrons. The minimum Gasteiger partial charge on any atom is -0.458 e. The fourth-order valence-electron chi connectivity index (χ4n) is 7.90. The molecule has 0 aromatic carbocycles. The number of hydrogen-bond acceptors (Lipinski definition) is 3. The van der Waals surface area contributed by atoms with E-state index in [4.69, 9.17) is 10.8 Å². The molecule has 27 heavy (non-hydrogen) atoms. The molecule has 3 fully saturated rings. The van der Waals surface area contributed by atoms with Gasteiger partial charge in [-0.1, -0.05) is 19.8 Å². The van der Waals surface area contributed by atoms with Crippen LogP contribution in [0.5, 0.6) is 0 Å². The Bertz CT molecular complexity index is 831. The van der Waals surface area contributed by atoms with Crippen molar-refractivity contribution in [3.8, 4) is 12.3 Å². The van der Waals surface area contributed by atoms with Crippen LogP contribution in [0.2, 0.25) is 0 Å². The summed E-state index contributed by atoms with van der Waals surface area (Å²) in [4.78, 5) is 11.2. The van der Waals surface area contributed by atoms with Crippen molar-refractivity contribution < 1.29 is 14.3 Å². The SMILES string of the molecule is C#C[C@]1(O)CC[C@H]2[C@@H]3CC[C@H]4Cc5oc(C=O)cc5C[C@]4(C)[C@H]3CC[C@@]21C. The van der Waals surface area contributed by atoms with Crippen molar-refractivity contribution in [3.05, 3.63) is 23.2 Å². The second-order valence-electron chi connectivity index (χ2n) is 10.3. The molecule has 4 aliphatic rings. The highest BCUT2D eigenvalue weighted by atomic mass is 16.3. The third-order valence-electron chi connectivity index (χ3n) is 9.49. The largest absolute Gasteiger partial charge is 0.458 e. The van der Waals surface area contributed by atoms with Gasteiger partial charge in [0.25, 0.3) is 0 Å². The van der Waals surface area contributed by atoms with E-state index in [0.29, 0.717) is 29.4 Å². The molecule has 0 bridgehead atoms. The summed E-state index contributed by atoms with van der Waals surface area (Å²) in [7, 11) is 0. The van der Waals surface area contributed by atoms with E-state index in [1.165, 1.54) is 18.4 Å². The van der Waals surface area contributed by atoms with E-state index in [2.05, 4.69) is 19.8 Å². The maximum atomic E-state index is 11.2. The third-order valence-corrected chi connectivity index (χ3v) is 9.49. The van der Waals surface area contributed by atoms with Crippen LogP contribution < -0.4 is 0 Å². The molecule has 144 valence electrons. The van der Waals surface area contributed by atoms with Crippen LogP contribution in [0.4, 0.5) is 0 Å². The van der Waals surface area contributed by atoms with Gasteiger partial charge in [-0.3, -0.25) is 4.79 Å². The van der Waals surface area contributed by atoms with Crippen molar-refractivity contribution in [1.29, 1.82) is 0 Å². The molecule has 1 aromatic heterocycles. The number of rotatable bonds is 1. The van der Waals surface area contributed by atoms with E-state index in [1.54, 1.807) is 0 Å². The summed E-state index contributed by atoms with van der Waals surface area (Å²) < 4.78 is 5.79. The molecule has 0 aliphatic heterocycles. The maximum Gasteiger partial charge on any atom is 0.185 e. The second kappa shape index (κ2) is 5.51. The highest BCUT2D eigenvalue weighted by Gasteiger charge is 2.64. The lowest BCUT2D eigenvalue weighted by atomic mass is 9.44. The van der Waals surface area contributed by atoms with Crippen LogP contribution >= 0.6 is 0 Å². The van der Waals surface area contributed by atoms with Crippen LogP contribution in [-0.4, -0.2) is 17.0 Å². The summed E-state index contributed by atoms with van der Waals surface area (Å²) in [6.07, 6.45) is 15.1.